The van der Waals surface area contributed by atoms with Gasteiger partial charge in [0.1, 0.15) is 5.76 Å². The predicted molar refractivity (Wildman–Crippen MR) is 130 cm³/mol. The summed E-state index contributed by atoms with van der Waals surface area (Å²) in [5.74, 6) is -0.913. The van der Waals surface area contributed by atoms with Gasteiger partial charge in [-0.1, -0.05) is 0 Å². The van der Waals surface area contributed by atoms with Crippen LogP contribution in [-0.2, 0) is 14.3 Å². The lowest BCUT2D eigenvalue weighted by molar-refractivity contribution is -0.142. The molecule has 0 radical (unpaired) electrons. The van der Waals surface area contributed by atoms with Gasteiger partial charge in [0.25, 0.3) is 11.7 Å². The molecule has 3 heterocycles. The molecule has 2 aliphatic heterocycles. The minimum Gasteiger partial charge on any atom is -0.507 e. The second-order valence-electron chi connectivity index (χ2n) is 8.47. The molecule has 0 bridgehead atoms. The predicted octanol–water partition coefficient (Wildman–Crippen LogP) is 3.14. The fourth-order valence-corrected chi connectivity index (χ4v) is 4.78. The van der Waals surface area contributed by atoms with E-state index in [0.717, 1.165) is 0 Å². The molecule has 0 aliphatic carbocycles. The van der Waals surface area contributed by atoms with E-state index in [9.17, 15) is 19.5 Å². The fourth-order valence-electron chi connectivity index (χ4n) is 4.78. The molecule has 1 unspecified atom stereocenters. The second-order valence-corrected chi connectivity index (χ2v) is 8.47. The highest BCUT2D eigenvalue weighted by Gasteiger charge is 2.49. The van der Waals surface area contributed by atoms with Gasteiger partial charge in [0.2, 0.25) is 0 Å². The Morgan fingerprint density at radius 1 is 1.06 bits per heavy atom. The number of aliphatic hydroxyl groups excluding tert-OH is 1. The van der Waals surface area contributed by atoms with Crippen molar-refractivity contribution in [3.05, 3.63) is 59.4 Å². The van der Waals surface area contributed by atoms with E-state index in [4.69, 9.17) is 14.2 Å². The highest BCUT2D eigenvalue weighted by Crippen LogP contribution is 2.43. The number of piperidine rings is 1. The largest absolute Gasteiger partial charge is 0.507 e. The maximum Gasteiger partial charge on any atom is 0.409 e. The third-order valence-electron chi connectivity index (χ3n) is 6.54. The van der Waals surface area contributed by atoms with Gasteiger partial charge in [-0.05, 0) is 55.7 Å². The number of hydrogen-bond acceptors (Lipinski definition) is 8. The molecule has 2 aliphatic rings. The lowest BCUT2D eigenvalue weighted by Gasteiger charge is -2.38. The number of pyridine rings is 1. The van der Waals surface area contributed by atoms with Crippen molar-refractivity contribution >= 4 is 23.5 Å². The van der Waals surface area contributed by atoms with E-state index in [2.05, 4.69) is 4.98 Å². The van der Waals surface area contributed by atoms with Gasteiger partial charge in [-0.25, -0.2) is 4.79 Å². The number of ether oxygens (including phenoxy) is 3. The van der Waals surface area contributed by atoms with E-state index in [1.165, 1.54) is 19.1 Å². The smallest absolute Gasteiger partial charge is 0.409 e. The SMILES string of the molecule is CCOC(=O)N1CCC(N2C(=O)C(=O)/C(=C(/O)c3ccc(OC)c(OC)c3)C2c2ccncc2)CC1. The van der Waals surface area contributed by atoms with Crippen molar-refractivity contribution in [2.45, 2.75) is 31.8 Å². The van der Waals surface area contributed by atoms with Gasteiger partial charge in [-0.3, -0.25) is 14.6 Å². The number of hydrogen-bond donors (Lipinski definition) is 1. The molecule has 36 heavy (non-hydrogen) atoms. The standard InChI is InChI=1S/C26H29N3O7/c1-4-36-26(33)28-13-9-18(10-14-28)29-22(16-7-11-27-12-8-16)21(24(31)25(29)32)23(30)17-5-6-19(34-2)20(15-17)35-3/h5-8,11-12,15,18,22,30H,4,9-10,13-14H2,1-3H3/b23-21+. The number of nitrogens with zero attached hydrogens (tertiary/aromatic N) is 3. The van der Waals surface area contributed by atoms with Crippen LogP contribution in [0.5, 0.6) is 11.5 Å². The molecule has 0 spiro atoms. The van der Waals surface area contributed by atoms with Crippen LogP contribution in [0.1, 0.15) is 36.9 Å². The zero-order valence-electron chi connectivity index (χ0n) is 20.5. The number of carbonyl (C=O) groups excluding carboxylic acids is 3. The zero-order valence-corrected chi connectivity index (χ0v) is 20.5. The third-order valence-corrected chi connectivity index (χ3v) is 6.54. The van der Waals surface area contributed by atoms with Crippen LogP contribution in [0.2, 0.25) is 0 Å². The molecule has 1 aromatic heterocycles. The van der Waals surface area contributed by atoms with E-state index in [1.807, 2.05) is 0 Å². The van der Waals surface area contributed by atoms with E-state index >= 15 is 0 Å². The van der Waals surface area contributed by atoms with Crippen molar-refractivity contribution in [3.63, 3.8) is 0 Å². The van der Waals surface area contributed by atoms with Crippen molar-refractivity contribution in [2.24, 2.45) is 0 Å². The third kappa shape index (κ3) is 4.58. The van der Waals surface area contributed by atoms with Gasteiger partial charge in [-0.15, -0.1) is 0 Å². The molecule has 0 saturated carbocycles. The summed E-state index contributed by atoms with van der Waals surface area (Å²) >= 11 is 0. The van der Waals surface area contributed by atoms with Gasteiger partial charge in [-0.2, -0.15) is 0 Å². The molecule has 4 rings (SSSR count). The Bertz CT molecular complexity index is 1170. The van der Waals surface area contributed by atoms with Crippen LogP contribution in [0, 0.1) is 0 Å². The Labute approximate surface area is 209 Å². The molecule has 2 amide bonds. The average molecular weight is 496 g/mol. The number of likely N-dealkylation sites (tertiary alicyclic amines) is 2. The van der Waals surface area contributed by atoms with Crippen molar-refractivity contribution in [1.82, 2.24) is 14.8 Å². The molecule has 2 aromatic rings. The summed E-state index contributed by atoms with van der Waals surface area (Å²) in [6.45, 7) is 2.82. The normalized spacial score (nSPS) is 19.9. The van der Waals surface area contributed by atoms with Crippen molar-refractivity contribution < 1.29 is 33.7 Å². The molecular formula is C26H29N3O7. The summed E-state index contributed by atoms with van der Waals surface area (Å²) < 4.78 is 15.7. The first-order valence-electron chi connectivity index (χ1n) is 11.7. The van der Waals surface area contributed by atoms with Gasteiger partial charge >= 0.3 is 6.09 Å². The summed E-state index contributed by atoms with van der Waals surface area (Å²) in [6, 6.07) is 7.12. The van der Waals surface area contributed by atoms with Gasteiger partial charge in [0.05, 0.1) is 32.4 Å². The number of benzene rings is 1. The Balaban J connectivity index is 1.74. The number of Topliss-reactive ketones (excluding diaryl/α,β-unsaturated/α-hetero) is 1. The quantitative estimate of drug-likeness (QED) is 0.369. The lowest BCUT2D eigenvalue weighted by atomic mass is 9.94. The Kier molecular flexibility index (Phi) is 7.42. The molecular weight excluding hydrogens is 466 g/mol. The van der Waals surface area contributed by atoms with Gasteiger partial charge in [0, 0.05) is 37.1 Å². The average Bonchev–Trinajstić information content (AvgIpc) is 3.18. The molecule has 1 atom stereocenters. The number of carbonyl (C=O) groups is 3. The van der Waals surface area contributed by atoms with E-state index < -0.39 is 23.8 Å². The maximum atomic E-state index is 13.3. The first-order valence-corrected chi connectivity index (χ1v) is 11.7. The summed E-state index contributed by atoms with van der Waals surface area (Å²) in [7, 11) is 2.97. The minimum absolute atomic E-state index is 0.00811. The molecule has 2 fully saturated rings. The highest BCUT2D eigenvalue weighted by molar-refractivity contribution is 6.46. The van der Waals surface area contributed by atoms with Crippen LogP contribution in [0.3, 0.4) is 0 Å². The topological polar surface area (TPSA) is 119 Å². The minimum atomic E-state index is -0.805. The lowest BCUT2D eigenvalue weighted by Crippen LogP contribution is -2.48. The second kappa shape index (κ2) is 10.7. The molecule has 10 heteroatoms. The summed E-state index contributed by atoms with van der Waals surface area (Å²) in [4.78, 5) is 46.0. The Morgan fingerprint density at radius 3 is 2.33 bits per heavy atom. The van der Waals surface area contributed by atoms with Crippen molar-refractivity contribution in [3.8, 4) is 11.5 Å². The molecule has 190 valence electrons. The van der Waals surface area contributed by atoms with Gasteiger partial charge in [0.15, 0.2) is 11.5 Å². The van der Waals surface area contributed by atoms with Crippen molar-refractivity contribution in [1.29, 1.82) is 0 Å². The highest BCUT2D eigenvalue weighted by atomic mass is 16.6. The number of ketones is 1. The molecule has 1 N–H and O–H groups in total. The molecule has 10 nitrogen and oxygen atoms in total. The first kappa shape index (κ1) is 25.0. The molecule has 2 saturated heterocycles. The van der Waals surface area contributed by atoms with Crippen LogP contribution >= 0.6 is 0 Å². The Hall–Kier alpha value is -4.08. The fraction of sp³-hybridized carbons (Fsp3) is 0.385. The molecule has 1 aromatic carbocycles. The number of amides is 2. The van der Waals surface area contributed by atoms with Crippen LogP contribution in [0.25, 0.3) is 5.76 Å². The first-order chi connectivity index (χ1) is 17.4. The maximum absolute atomic E-state index is 13.3. The van der Waals surface area contributed by atoms with Crippen LogP contribution in [0.15, 0.2) is 48.3 Å². The summed E-state index contributed by atoms with van der Waals surface area (Å²) in [6.07, 6.45) is 3.72. The summed E-state index contributed by atoms with van der Waals surface area (Å²) in [5, 5.41) is 11.3. The Morgan fingerprint density at radius 2 is 1.72 bits per heavy atom. The van der Waals surface area contributed by atoms with Crippen LogP contribution in [-0.4, -0.2) is 77.6 Å². The number of aliphatic hydroxyl groups is 1. The number of rotatable bonds is 6. The number of aromatic nitrogens is 1. The van der Waals surface area contributed by atoms with Gasteiger partial charge < -0.3 is 29.1 Å². The van der Waals surface area contributed by atoms with Crippen molar-refractivity contribution in [2.75, 3.05) is 33.9 Å². The van der Waals surface area contributed by atoms with Crippen LogP contribution in [0.4, 0.5) is 4.79 Å². The van der Waals surface area contributed by atoms with E-state index in [0.29, 0.717) is 48.6 Å². The van der Waals surface area contributed by atoms with E-state index in [1.54, 1.807) is 54.5 Å². The summed E-state index contributed by atoms with van der Waals surface area (Å²) in [5.41, 5.74) is 0.965. The zero-order chi connectivity index (χ0) is 25.8. The van der Waals surface area contributed by atoms with E-state index in [-0.39, 0.29) is 24.0 Å². The number of methoxy groups -OCH3 is 2. The van der Waals surface area contributed by atoms with Crippen LogP contribution < -0.4 is 9.47 Å². The monoisotopic (exact) mass is 495 g/mol.